The highest BCUT2D eigenvalue weighted by atomic mass is 15.0. The molecule has 0 amide bonds. The Morgan fingerprint density at radius 2 is 0.820 bits per heavy atom. The number of rotatable bonds is 3. The van der Waals surface area contributed by atoms with Crippen LogP contribution >= 0.6 is 0 Å². The van der Waals surface area contributed by atoms with Gasteiger partial charge in [-0.15, -0.1) is 0 Å². The zero-order valence-corrected chi connectivity index (χ0v) is 27.2. The fourth-order valence-corrected chi connectivity index (χ4v) is 8.55. The molecule has 50 heavy (non-hydrogen) atoms. The van der Waals surface area contributed by atoms with Crippen molar-refractivity contribution in [3.05, 3.63) is 182 Å². The van der Waals surface area contributed by atoms with Crippen LogP contribution in [0.5, 0.6) is 0 Å². The first kappa shape index (κ1) is 27.3. The summed E-state index contributed by atoms with van der Waals surface area (Å²) in [5.74, 6) is 0. The van der Waals surface area contributed by atoms with E-state index in [0.29, 0.717) is 0 Å². The Kier molecular flexibility index (Phi) is 5.70. The Morgan fingerprint density at radius 1 is 0.280 bits per heavy atom. The Morgan fingerprint density at radius 3 is 1.58 bits per heavy atom. The van der Waals surface area contributed by atoms with Crippen molar-refractivity contribution in [2.45, 2.75) is 0 Å². The first-order valence-electron chi connectivity index (χ1n) is 17.3. The lowest BCUT2D eigenvalue weighted by Crippen LogP contribution is -1.97. The third kappa shape index (κ3) is 3.73. The van der Waals surface area contributed by atoms with Crippen molar-refractivity contribution in [3.8, 4) is 22.5 Å². The molecular formula is C48H30N2. The highest BCUT2D eigenvalue weighted by Gasteiger charge is 2.25. The summed E-state index contributed by atoms with van der Waals surface area (Å²) in [4.78, 5) is 0. The van der Waals surface area contributed by atoms with Crippen molar-refractivity contribution in [2.24, 2.45) is 0 Å². The van der Waals surface area contributed by atoms with Gasteiger partial charge in [-0.2, -0.15) is 0 Å². The Labute approximate surface area is 288 Å². The second-order valence-electron chi connectivity index (χ2n) is 13.3. The van der Waals surface area contributed by atoms with Gasteiger partial charge in [-0.1, -0.05) is 158 Å². The molecule has 0 saturated heterocycles. The quantitative estimate of drug-likeness (QED) is 0.183. The van der Waals surface area contributed by atoms with Crippen molar-refractivity contribution < 1.29 is 0 Å². The molecule has 0 radical (unpaired) electrons. The van der Waals surface area contributed by atoms with Crippen LogP contribution in [0.1, 0.15) is 0 Å². The van der Waals surface area contributed by atoms with Crippen LogP contribution in [-0.4, -0.2) is 9.13 Å². The number of hydrogen-bond acceptors (Lipinski definition) is 0. The molecule has 0 atom stereocenters. The van der Waals surface area contributed by atoms with Crippen LogP contribution < -0.4 is 0 Å². The maximum Gasteiger partial charge on any atom is 0.0627 e. The number of benzene rings is 9. The van der Waals surface area contributed by atoms with Gasteiger partial charge in [-0.05, 0) is 46.2 Å². The lowest BCUT2D eigenvalue weighted by molar-refractivity contribution is 1.19. The molecule has 0 unspecified atom stereocenters. The molecule has 0 saturated carbocycles. The maximum atomic E-state index is 2.54. The van der Waals surface area contributed by atoms with E-state index in [4.69, 9.17) is 0 Å². The van der Waals surface area contributed by atoms with Crippen molar-refractivity contribution in [3.63, 3.8) is 0 Å². The summed E-state index contributed by atoms with van der Waals surface area (Å²) in [5, 5.41) is 12.6. The molecule has 0 aliphatic rings. The normalized spacial score (nSPS) is 12.0. The van der Waals surface area contributed by atoms with Gasteiger partial charge in [0.05, 0.1) is 27.8 Å². The van der Waals surface area contributed by atoms with Gasteiger partial charge in [0.1, 0.15) is 0 Å². The SMILES string of the molecule is c1ccc(-c2ccc(-n3c4c5ccccc5ccc4c4c5c6ccccc6n(-c6cccc7ccccc67)c5c5ccccc5c43)cc2)cc1. The predicted octanol–water partition coefficient (Wildman–Crippen LogP) is 13.0. The first-order valence-corrected chi connectivity index (χ1v) is 17.3. The number of aromatic nitrogens is 2. The van der Waals surface area contributed by atoms with Gasteiger partial charge in [-0.25, -0.2) is 0 Å². The molecule has 2 aromatic heterocycles. The van der Waals surface area contributed by atoms with Crippen LogP contribution in [0.2, 0.25) is 0 Å². The number of para-hydroxylation sites is 1. The van der Waals surface area contributed by atoms with Crippen LogP contribution in [0.25, 0.3) is 98.4 Å². The zero-order valence-electron chi connectivity index (χ0n) is 27.2. The number of fused-ring (bicyclic) bond motifs is 13. The van der Waals surface area contributed by atoms with Gasteiger partial charge in [0.15, 0.2) is 0 Å². The minimum atomic E-state index is 1.16. The van der Waals surface area contributed by atoms with E-state index in [9.17, 15) is 0 Å². The molecule has 0 bridgehead atoms. The fraction of sp³-hybridized carbons (Fsp3) is 0. The molecule has 0 aliphatic heterocycles. The molecule has 11 aromatic rings. The van der Waals surface area contributed by atoms with Gasteiger partial charge >= 0.3 is 0 Å². The van der Waals surface area contributed by atoms with Crippen LogP contribution in [-0.2, 0) is 0 Å². The Balaban J connectivity index is 1.38. The average Bonchev–Trinajstić information content (AvgIpc) is 3.72. The van der Waals surface area contributed by atoms with Gasteiger partial charge in [-0.3, -0.25) is 0 Å². The molecule has 2 heterocycles. The monoisotopic (exact) mass is 634 g/mol. The third-order valence-corrected chi connectivity index (χ3v) is 10.7. The highest BCUT2D eigenvalue weighted by molar-refractivity contribution is 6.39. The van der Waals surface area contributed by atoms with Crippen LogP contribution in [0.15, 0.2) is 182 Å². The average molecular weight is 635 g/mol. The fourth-order valence-electron chi connectivity index (χ4n) is 8.55. The van der Waals surface area contributed by atoms with E-state index in [0.717, 1.165) is 5.69 Å². The van der Waals surface area contributed by atoms with Gasteiger partial charge < -0.3 is 9.13 Å². The van der Waals surface area contributed by atoms with Gasteiger partial charge in [0.2, 0.25) is 0 Å². The summed E-state index contributed by atoms with van der Waals surface area (Å²) >= 11 is 0. The molecule has 0 N–H and O–H groups in total. The van der Waals surface area contributed by atoms with E-state index >= 15 is 0 Å². The smallest absolute Gasteiger partial charge is 0.0627 e. The molecule has 0 fully saturated rings. The lowest BCUT2D eigenvalue weighted by atomic mass is 9.98. The van der Waals surface area contributed by atoms with Crippen molar-refractivity contribution in [1.29, 1.82) is 0 Å². The van der Waals surface area contributed by atoms with Gasteiger partial charge in [0, 0.05) is 48.8 Å². The van der Waals surface area contributed by atoms with Crippen molar-refractivity contribution in [1.82, 2.24) is 9.13 Å². The summed E-state index contributed by atoms with van der Waals surface area (Å²) in [6.07, 6.45) is 0. The minimum absolute atomic E-state index is 1.16. The van der Waals surface area contributed by atoms with E-state index in [2.05, 4.69) is 191 Å². The summed E-state index contributed by atoms with van der Waals surface area (Å²) in [5.41, 5.74) is 9.74. The minimum Gasteiger partial charge on any atom is -0.308 e. The summed E-state index contributed by atoms with van der Waals surface area (Å²) in [6, 6.07) is 66.6. The van der Waals surface area contributed by atoms with E-state index in [1.54, 1.807) is 0 Å². The first-order chi connectivity index (χ1) is 24.8. The lowest BCUT2D eigenvalue weighted by Gasteiger charge is -2.15. The Bertz CT molecular complexity index is 3120. The molecule has 0 aliphatic carbocycles. The second kappa shape index (κ2) is 10.4. The molecule has 2 heteroatoms. The topological polar surface area (TPSA) is 9.86 Å². The largest absolute Gasteiger partial charge is 0.308 e. The van der Waals surface area contributed by atoms with Crippen LogP contribution in [0.3, 0.4) is 0 Å². The molecule has 232 valence electrons. The second-order valence-corrected chi connectivity index (χ2v) is 13.3. The predicted molar refractivity (Wildman–Crippen MR) is 213 cm³/mol. The van der Waals surface area contributed by atoms with E-state index in [1.165, 1.54) is 92.7 Å². The zero-order chi connectivity index (χ0) is 32.8. The maximum absolute atomic E-state index is 2.54. The van der Waals surface area contributed by atoms with Crippen molar-refractivity contribution in [2.75, 3.05) is 0 Å². The standard InChI is InChI=1S/C48H30N2/c1-2-13-31(14-3-1)32-25-28-35(29-26-32)49-46-37-19-7-5-16-34(37)27-30-41(46)45-44-40-22-10-11-23-43(40)50(42-24-12-17-33-15-4-6-18-36(33)42)48(44)39-21-9-8-20-38(39)47(45)49/h1-30H. The summed E-state index contributed by atoms with van der Waals surface area (Å²) < 4.78 is 5.06. The van der Waals surface area contributed by atoms with Crippen LogP contribution in [0, 0.1) is 0 Å². The molecular weight excluding hydrogens is 605 g/mol. The molecule has 2 nitrogen and oxygen atoms in total. The highest BCUT2D eigenvalue weighted by Crippen LogP contribution is 2.48. The summed E-state index contributed by atoms with van der Waals surface area (Å²) in [7, 11) is 0. The molecule has 11 rings (SSSR count). The van der Waals surface area contributed by atoms with E-state index < -0.39 is 0 Å². The number of nitrogens with zero attached hydrogens (tertiary/aromatic N) is 2. The van der Waals surface area contributed by atoms with E-state index in [-0.39, 0.29) is 0 Å². The molecule has 0 spiro atoms. The Hall–Kier alpha value is -6.64. The van der Waals surface area contributed by atoms with E-state index in [1.807, 2.05) is 0 Å². The van der Waals surface area contributed by atoms with Crippen molar-refractivity contribution >= 4 is 75.9 Å². The molecule has 9 aromatic carbocycles. The van der Waals surface area contributed by atoms with Crippen LogP contribution in [0.4, 0.5) is 0 Å². The summed E-state index contributed by atoms with van der Waals surface area (Å²) in [6.45, 7) is 0. The van der Waals surface area contributed by atoms with Gasteiger partial charge in [0.25, 0.3) is 0 Å². The third-order valence-electron chi connectivity index (χ3n) is 10.7. The number of hydrogen-bond donors (Lipinski definition) is 0.